The number of ketones is 1. The molecule has 0 atom stereocenters. The van der Waals surface area contributed by atoms with Crippen LogP contribution in [0, 0.1) is 0 Å². The standard InChI is InChI=1S/C24H21NO5S.H2/c25-31(27,28)20-8-5-18(6-9-20)17-3-1-16(2-4-17)13-23(26)24(11-12-24)19-7-10-21-22(14-19)30-15-29-21;/h1-10,14H,11-13,15H2,(H2,25,27,28);1H. The Morgan fingerprint density at radius 1 is 0.903 bits per heavy atom. The van der Waals surface area contributed by atoms with Crippen molar-refractivity contribution in [2.75, 3.05) is 6.79 Å². The molecule has 1 saturated carbocycles. The van der Waals surface area contributed by atoms with Gasteiger partial charge < -0.3 is 9.47 Å². The zero-order valence-electron chi connectivity index (χ0n) is 16.7. The molecule has 5 rings (SSSR count). The van der Waals surface area contributed by atoms with Crippen LogP contribution in [-0.4, -0.2) is 21.0 Å². The Morgan fingerprint density at radius 2 is 1.52 bits per heavy atom. The fraction of sp³-hybridized carbons (Fsp3) is 0.208. The summed E-state index contributed by atoms with van der Waals surface area (Å²) in [5, 5.41) is 5.15. The molecule has 0 bridgehead atoms. The lowest BCUT2D eigenvalue weighted by Gasteiger charge is -2.15. The first-order chi connectivity index (χ1) is 14.8. The summed E-state index contributed by atoms with van der Waals surface area (Å²) < 4.78 is 33.6. The fourth-order valence-corrected chi connectivity index (χ4v) is 4.57. The molecule has 2 aliphatic rings. The molecule has 1 aliphatic heterocycles. The zero-order valence-corrected chi connectivity index (χ0v) is 17.5. The lowest BCUT2D eigenvalue weighted by atomic mass is 9.87. The van der Waals surface area contributed by atoms with Gasteiger partial charge in [-0.1, -0.05) is 42.5 Å². The predicted octanol–water partition coefficient (Wildman–Crippen LogP) is 3.82. The summed E-state index contributed by atoms with van der Waals surface area (Å²) in [6.45, 7) is 0.219. The van der Waals surface area contributed by atoms with Gasteiger partial charge in [-0.05, 0) is 59.4 Å². The molecule has 0 aromatic heterocycles. The van der Waals surface area contributed by atoms with E-state index in [1.165, 1.54) is 12.1 Å². The van der Waals surface area contributed by atoms with Crippen molar-refractivity contribution in [2.24, 2.45) is 5.14 Å². The number of primary sulfonamides is 1. The summed E-state index contributed by atoms with van der Waals surface area (Å²) in [5.74, 6) is 1.63. The van der Waals surface area contributed by atoms with Gasteiger partial charge in [0, 0.05) is 7.85 Å². The highest BCUT2D eigenvalue weighted by molar-refractivity contribution is 7.89. The summed E-state index contributed by atoms with van der Waals surface area (Å²) >= 11 is 0. The third-order valence-electron chi connectivity index (χ3n) is 6.04. The molecule has 2 N–H and O–H groups in total. The second-order valence-corrected chi connectivity index (χ2v) is 9.58. The van der Waals surface area contributed by atoms with Crippen LogP contribution in [-0.2, 0) is 26.7 Å². The molecule has 3 aromatic carbocycles. The van der Waals surface area contributed by atoms with Gasteiger partial charge in [0.1, 0.15) is 5.78 Å². The summed E-state index contributed by atoms with van der Waals surface area (Å²) in [7, 11) is -3.71. The van der Waals surface area contributed by atoms with Gasteiger partial charge >= 0.3 is 0 Å². The third-order valence-corrected chi connectivity index (χ3v) is 6.97. The predicted molar refractivity (Wildman–Crippen MR) is 118 cm³/mol. The van der Waals surface area contributed by atoms with Gasteiger partial charge in [-0.3, -0.25) is 4.79 Å². The number of ether oxygens (including phenoxy) is 2. The van der Waals surface area contributed by atoms with Gasteiger partial charge in [0.05, 0.1) is 10.3 Å². The molecule has 0 saturated heterocycles. The van der Waals surface area contributed by atoms with Crippen molar-refractivity contribution in [3.8, 4) is 22.6 Å². The monoisotopic (exact) mass is 437 g/mol. The average Bonchev–Trinajstić information content (AvgIpc) is 3.45. The van der Waals surface area contributed by atoms with Crippen LogP contribution in [0.3, 0.4) is 0 Å². The van der Waals surface area contributed by atoms with Gasteiger partial charge in [0.25, 0.3) is 0 Å². The van der Waals surface area contributed by atoms with Crippen molar-refractivity contribution in [1.82, 2.24) is 0 Å². The van der Waals surface area contributed by atoms with E-state index in [4.69, 9.17) is 14.6 Å². The number of hydrogen-bond acceptors (Lipinski definition) is 5. The van der Waals surface area contributed by atoms with E-state index in [1.807, 2.05) is 42.5 Å². The van der Waals surface area contributed by atoms with Gasteiger partial charge in [-0.15, -0.1) is 0 Å². The number of benzene rings is 3. The highest BCUT2D eigenvalue weighted by Crippen LogP contribution is 2.51. The zero-order chi connectivity index (χ0) is 21.6. The van der Waals surface area contributed by atoms with Crippen molar-refractivity contribution in [1.29, 1.82) is 0 Å². The summed E-state index contributed by atoms with van der Waals surface area (Å²) in [6, 6.07) is 20.0. The maximum absolute atomic E-state index is 13.1. The Balaban J connectivity index is 0.00000245. The minimum Gasteiger partial charge on any atom is -0.454 e. The molecule has 160 valence electrons. The molecule has 1 fully saturated rings. The normalized spacial score (nSPS) is 16.2. The van der Waals surface area contributed by atoms with Crippen LogP contribution in [0.1, 0.15) is 25.4 Å². The molecule has 0 unspecified atom stereocenters. The van der Waals surface area contributed by atoms with Crippen LogP contribution in [0.5, 0.6) is 11.5 Å². The smallest absolute Gasteiger partial charge is 0.238 e. The van der Waals surface area contributed by atoms with Gasteiger partial charge in [0.15, 0.2) is 11.5 Å². The number of sulfonamides is 1. The van der Waals surface area contributed by atoms with Crippen molar-refractivity contribution in [2.45, 2.75) is 29.6 Å². The molecule has 0 amide bonds. The second-order valence-electron chi connectivity index (χ2n) is 8.02. The van der Waals surface area contributed by atoms with Crippen LogP contribution in [0.2, 0.25) is 0 Å². The van der Waals surface area contributed by atoms with Gasteiger partial charge in [-0.2, -0.15) is 0 Å². The van der Waals surface area contributed by atoms with Crippen molar-refractivity contribution in [3.63, 3.8) is 0 Å². The van der Waals surface area contributed by atoms with E-state index >= 15 is 0 Å². The molecule has 7 heteroatoms. The number of rotatable bonds is 6. The number of hydrogen-bond donors (Lipinski definition) is 1. The van der Waals surface area contributed by atoms with E-state index in [9.17, 15) is 13.2 Å². The van der Waals surface area contributed by atoms with Crippen molar-refractivity contribution in [3.05, 3.63) is 77.9 Å². The van der Waals surface area contributed by atoms with Crippen LogP contribution >= 0.6 is 0 Å². The van der Waals surface area contributed by atoms with E-state index in [1.54, 1.807) is 12.1 Å². The molecular formula is C24H23NO5S. The lowest BCUT2D eigenvalue weighted by Crippen LogP contribution is -2.22. The fourth-order valence-electron chi connectivity index (χ4n) is 4.05. The maximum atomic E-state index is 13.1. The third kappa shape index (κ3) is 3.71. The van der Waals surface area contributed by atoms with Gasteiger partial charge in [-0.25, -0.2) is 13.6 Å². The van der Waals surface area contributed by atoms with E-state index in [0.717, 1.165) is 40.8 Å². The van der Waals surface area contributed by atoms with E-state index in [0.29, 0.717) is 12.2 Å². The topological polar surface area (TPSA) is 95.7 Å². The molecule has 0 spiro atoms. The molecule has 1 aliphatic carbocycles. The number of carbonyl (C=O) groups excluding carboxylic acids is 1. The minimum absolute atomic E-state index is 0. The largest absolute Gasteiger partial charge is 0.454 e. The van der Waals surface area contributed by atoms with Crippen LogP contribution in [0.25, 0.3) is 11.1 Å². The minimum atomic E-state index is -3.71. The Labute approximate surface area is 182 Å². The Bertz CT molecular complexity index is 1270. The molecule has 6 nitrogen and oxygen atoms in total. The Hall–Kier alpha value is -3.16. The first kappa shape index (κ1) is 19.8. The molecular weight excluding hydrogens is 414 g/mol. The Morgan fingerprint density at radius 3 is 2.13 bits per heavy atom. The quantitative estimate of drug-likeness (QED) is 0.632. The van der Waals surface area contributed by atoms with Crippen LogP contribution < -0.4 is 14.6 Å². The van der Waals surface area contributed by atoms with E-state index in [-0.39, 0.29) is 18.9 Å². The molecule has 1 heterocycles. The number of Topliss-reactive ketones (excluding diaryl/α,β-unsaturated/α-hetero) is 1. The first-order valence-corrected chi connectivity index (χ1v) is 11.6. The van der Waals surface area contributed by atoms with Crippen molar-refractivity contribution < 1.29 is 24.1 Å². The highest BCUT2D eigenvalue weighted by Gasteiger charge is 2.50. The molecule has 3 aromatic rings. The SMILES string of the molecule is NS(=O)(=O)c1ccc(-c2ccc(CC(=O)C3(c4ccc5c(c4)OCO5)CC3)cc2)cc1.[HH]. The maximum Gasteiger partial charge on any atom is 0.238 e. The number of fused-ring (bicyclic) bond motifs is 1. The van der Waals surface area contributed by atoms with Crippen molar-refractivity contribution >= 4 is 15.8 Å². The average molecular weight is 438 g/mol. The van der Waals surface area contributed by atoms with Crippen LogP contribution in [0.15, 0.2) is 71.6 Å². The number of nitrogens with two attached hydrogens (primary N) is 1. The first-order valence-electron chi connectivity index (χ1n) is 10.0. The lowest BCUT2D eigenvalue weighted by molar-refractivity contribution is -0.120. The van der Waals surface area contributed by atoms with Crippen LogP contribution in [0.4, 0.5) is 0 Å². The molecule has 31 heavy (non-hydrogen) atoms. The summed E-state index contributed by atoms with van der Waals surface area (Å²) in [4.78, 5) is 13.2. The Kier molecular flexibility index (Phi) is 4.60. The second kappa shape index (κ2) is 7.21. The van der Waals surface area contributed by atoms with E-state index in [2.05, 4.69) is 0 Å². The van der Waals surface area contributed by atoms with Gasteiger partial charge in [0.2, 0.25) is 16.8 Å². The summed E-state index contributed by atoms with van der Waals surface area (Å²) in [5.41, 5.74) is 3.33. The molecule has 0 radical (unpaired) electrons. The number of carbonyl (C=O) groups is 1. The summed E-state index contributed by atoms with van der Waals surface area (Å²) in [6.07, 6.45) is 2.05. The highest BCUT2D eigenvalue weighted by atomic mass is 32.2. The van der Waals surface area contributed by atoms with E-state index < -0.39 is 15.4 Å².